The minimum atomic E-state index is -1.03. The quantitative estimate of drug-likeness (QED) is 0.909. The second-order valence-corrected chi connectivity index (χ2v) is 3.93. The highest BCUT2D eigenvalue weighted by molar-refractivity contribution is 6.30. The van der Waals surface area contributed by atoms with E-state index in [9.17, 15) is 4.79 Å². The van der Waals surface area contributed by atoms with Gasteiger partial charge >= 0.3 is 5.97 Å². The van der Waals surface area contributed by atoms with Gasteiger partial charge < -0.3 is 9.63 Å². The Balaban J connectivity index is 2.55. The van der Waals surface area contributed by atoms with Crippen LogP contribution in [0.1, 0.15) is 23.0 Å². The lowest BCUT2D eigenvalue weighted by Gasteiger charge is -1.98. The lowest BCUT2D eigenvalue weighted by molar-refractivity contribution is 0.0695. The van der Waals surface area contributed by atoms with Gasteiger partial charge in [-0.2, -0.15) is 0 Å². The fraction of sp³-hybridized carbons (Fsp3) is 0.167. The molecule has 1 heterocycles. The summed E-state index contributed by atoms with van der Waals surface area (Å²) in [4.78, 5) is 11.2. The van der Waals surface area contributed by atoms with Crippen LogP contribution in [0.3, 0.4) is 0 Å². The Morgan fingerprint density at radius 3 is 2.59 bits per heavy atom. The second kappa shape index (κ2) is 4.59. The molecule has 4 nitrogen and oxygen atoms in total. The molecule has 5 heteroatoms. The summed E-state index contributed by atoms with van der Waals surface area (Å²) >= 11 is 5.77. The zero-order chi connectivity index (χ0) is 12.4. The predicted molar refractivity (Wildman–Crippen MR) is 63.3 cm³/mol. The second-order valence-electron chi connectivity index (χ2n) is 3.49. The van der Waals surface area contributed by atoms with Gasteiger partial charge in [0.25, 0.3) is 0 Å². The highest BCUT2D eigenvalue weighted by atomic mass is 35.5. The monoisotopic (exact) mass is 251 g/mol. The summed E-state index contributed by atoms with van der Waals surface area (Å²) in [6.45, 7) is 1.82. The molecular formula is C12H10ClNO3. The largest absolute Gasteiger partial charge is 0.477 e. The molecule has 0 aliphatic heterocycles. The third kappa shape index (κ3) is 2.17. The maximum atomic E-state index is 11.2. The molecule has 17 heavy (non-hydrogen) atoms. The molecule has 1 aromatic heterocycles. The van der Waals surface area contributed by atoms with Gasteiger partial charge in [0, 0.05) is 17.0 Å². The molecular weight excluding hydrogens is 242 g/mol. The maximum Gasteiger partial charge on any atom is 0.341 e. The third-order valence-electron chi connectivity index (χ3n) is 2.42. The van der Waals surface area contributed by atoms with E-state index in [1.54, 1.807) is 24.3 Å². The van der Waals surface area contributed by atoms with Gasteiger partial charge in [0.05, 0.1) is 0 Å². The molecule has 2 aromatic rings. The van der Waals surface area contributed by atoms with Crippen LogP contribution >= 0.6 is 11.6 Å². The van der Waals surface area contributed by atoms with Gasteiger partial charge in [0.1, 0.15) is 11.3 Å². The number of aryl methyl sites for hydroxylation is 1. The van der Waals surface area contributed by atoms with E-state index in [1.807, 2.05) is 6.92 Å². The van der Waals surface area contributed by atoms with Crippen molar-refractivity contribution in [2.45, 2.75) is 13.3 Å². The zero-order valence-corrected chi connectivity index (χ0v) is 9.86. The van der Waals surface area contributed by atoms with Crippen molar-refractivity contribution >= 4 is 17.6 Å². The van der Waals surface area contributed by atoms with E-state index in [0.717, 1.165) is 0 Å². The smallest absolute Gasteiger partial charge is 0.341 e. The number of aromatic nitrogens is 1. The average molecular weight is 252 g/mol. The van der Waals surface area contributed by atoms with Gasteiger partial charge in [-0.1, -0.05) is 35.8 Å². The summed E-state index contributed by atoms with van der Waals surface area (Å²) in [5.74, 6) is -0.657. The van der Waals surface area contributed by atoms with Crippen LogP contribution in [0.2, 0.25) is 5.02 Å². The van der Waals surface area contributed by atoms with Gasteiger partial charge in [-0.25, -0.2) is 4.79 Å². The van der Waals surface area contributed by atoms with E-state index < -0.39 is 5.97 Å². The molecule has 0 unspecified atom stereocenters. The number of hydrogen-bond donors (Lipinski definition) is 1. The Labute approximate surface area is 103 Å². The lowest BCUT2D eigenvalue weighted by Crippen LogP contribution is -2.00. The molecule has 88 valence electrons. The molecule has 0 aliphatic rings. The minimum Gasteiger partial charge on any atom is -0.477 e. The number of carboxylic acid groups (broad SMARTS) is 1. The van der Waals surface area contributed by atoms with Crippen LogP contribution in [0, 0.1) is 0 Å². The summed E-state index contributed by atoms with van der Waals surface area (Å²) in [6, 6.07) is 6.80. The average Bonchev–Trinajstić information content (AvgIpc) is 2.73. The standard InChI is InChI=1S/C12H10ClNO3/c1-2-9-10(12(15)16)11(14-17-9)7-3-5-8(13)6-4-7/h3-6H,2H2,1H3,(H,15,16). The van der Waals surface area contributed by atoms with E-state index in [1.165, 1.54) is 0 Å². The maximum absolute atomic E-state index is 11.2. The first-order valence-corrected chi connectivity index (χ1v) is 5.49. The number of nitrogens with zero attached hydrogens (tertiary/aromatic N) is 1. The summed E-state index contributed by atoms with van der Waals surface area (Å²) in [7, 11) is 0. The van der Waals surface area contributed by atoms with E-state index in [4.69, 9.17) is 21.2 Å². The van der Waals surface area contributed by atoms with Gasteiger partial charge in [-0.15, -0.1) is 0 Å². The first-order valence-electron chi connectivity index (χ1n) is 5.11. The predicted octanol–water partition coefficient (Wildman–Crippen LogP) is 3.26. The molecule has 1 aromatic carbocycles. The van der Waals surface area contributed by atoms with Gasteiger partial charge in [0.15, 0.2) is 5.76 Å². The van der Waals surface area contributed by atoms with Crippen LogP contribution in [0.15, 0.2) is 28.8 Å². The Bertz CT molecular complexity index is 545. The topological polar surface area (TPSA) is 63.3 Å². The van der Waals surface area contributed by atoms with E-state index in [-0.39, 0.29) is 5.56 Å². The molecule has 0 aliphatic carbocycles. The molecule has 0 radical (unpaired) electrons. The normalized spacial score (nSPS) is 10.5. The number of carbonyl (C=O) groups is 1. The number of hydrogen-bond acceptors (Lipinski definition) is 3. The highest BCUT2D eigenvalue weighted by Gasteiger charge is 2.22. The van der Waals surface area contributed by atoms with Crippen molar-refractivity contribution in [3.63, 3.8) is 0 Å². The van der Waals surface area contributed by atoms with Crippen LogP contribution < -0.4 is 0 Å². The third-order valence-corrected chi connectivity index (χ3v) is 2.67. The van der Waals surface area contributed by atoms with Crippen molar-refractivity contribution in [1.82, 2.24) is 5.16 Å². The van der Waals surface area contributed by atoms with Crippen LogP contribution in [0.5, 0.6) is 0 Å². The molecule has 0 amide bonds. The molecule has 0 saturated heterocycles. The van der Waals surface area contributed by atoms with Crippen molar-refractivity contribution in [3.8, 4) is 11.3 Å². The molecule has 0 bridgehead atoms. The Hall–Kier alpha value is -1.81. The van der Waals surface area contributed by atoms with Gasteiger partial charge in [-0.05, 0) is 12.1 Å². The summed E-state index contributed by atoms with van der Waals surface area (Å²) < 4.78 is 5.03. The first-order chi connectivity index (χ1) is 8.13. The molecule has 2 rings (SSSR count). The summed E-state index contributed by atoms with van der Waals surface area (Å²) in [5, 5.41) is 13.6. The van der Waals surface area contributed by atoms with Crippen molar-refractivity contribution in [2.24, 2.45) is 0 Å². The first kappa shape index (κ1) is 11.7. The van der Waals surface area contributed by atoms with Crippen molar-refractivity contribution in [2.75, 3.05) is 0 Å². The fourth-order valence-electron chi connectivity index (χ4n) is 1.59. The molecule has 1 N–H and O–H groups in total. The van der Waals surface area contributed by atoms with Crippen molar-refractivity contribution < 1.29 is 14.4 Å². The molecule has 0 atom stereocenters. The molecule has 0 saturated carbocycles. The Morgan fingerprint density at radius 1 is 1.41 bits per heavy atom. The number of halogens is 1. The highest BCUT2D eigenvalue weighted by Crippen LogP contribution is 2.26. The number of benzene rings is 1. The zero-order valence-electron chi connectivity index (χ0n) is 9.11. The lowest BCUT2D eigenvalue weighted by atomic mass is 10.1. The number of aromatic carboxylic acids is 1. The van der Waals surface area contributed by atoms with Gasteiger partial charge in [-0.3, -0.25) is 0 Å². The Kier molecular flexibility index (Phi) is 3.15. The van der Waals surface area contributed by atoms with E-state index >= 15 is 0 Å². The molecule has 0 spiro atoms. The number of carboxylic acids is 1. The van der Waals surface area contributed by atoms with E-state index in [2.05, 4.69) is 5.16 Å². The van der Waals surface area contributed by atoms with Crippen LogP contribution in [-0.4, -0.2) is 16.2 Å². The summed E-state index contributed by atoms with van der Waals surface area (Å²) in [6.07, 6.45) is 0.488. The SMILES string of the molecule is CCc1onc(-c2ccc(Cl)cc2)c1C(=O)O. The summed E-state index contributed by atoms with van der Waals surface area (Å²) in [5.41, 5.74) is 1.14. The minimum absolute atomic E-state index is 0.120. The fourth-order valence-corrected chi connectivity index (χ4v) is 1.72. The molecule has 0 fully saturated rings. The van der Waals surface area contributed by atoms with Crippen LogP contribution in [-0.2, 0) is 6.42 Å². The van der Waals surface area contributed by atoms with Crippen molar-refractivity contribution in [1.29, 1.82) is 0 Å². The Morgan fingerprint density at radius 2 is 2.06 bits per heavy atom. The number of rotatable bonds is 3. The van der Waals surface area contributed by atoms with Crippen LogP contribution in [0.4, 0.5) is 0 Å². The van der Waals surface area contributed by atoms with E-state index in [0.29, 0.717) is 28.5 Å². The van der Waals surface area contributed by atoms with Gasteiger partial charge in [0.2, 0.25) is 0 Å². The van der Waals surface area contributed by atoms with Crippen molar-refractivity contribution in [3.05, 3.63) is 40.6 Å². The van der Waals surface area contributed by atoms with Crippen LogP contribution in [0.25, 0.3) is 11.3 Å².